The monoisotopic (exact) mass is 376 g/mol. The Hall–Kier alpha value is -2.17. The van der Waals surface area contributed by atoms with Gasteiger partial charge in [0.2, 0.25) is 0 Å². The van der Waals surface area contributed by atoms with Gasteiger partial charge in [0.1, 0.15) is 35.8 Å². The number of nitrogens with zero attached hydrogens (tertiary/aromatic N) is 1. The van der Waals surface area contributed by atoms with E-state index in [2.05, 4.69) is 38.4 Å². The molecule has 28 heavy (non-hydrogen) atoms. The van der Waals surface area contributed by atoms with E-state index in [4.69, 9.17) is 9.47 Å². The van der Waals surface area contributed by atoms with Gasteiger partial charge in [0.15, 0.2) is 0 Å². The molecule has 4 heteroatoms. The van der Waals surface area contributed by atoms with E-state index in [9.17, 15) is 4.79 Å². The fourth-order valence-electron chi connectivity index (χ4n) is 6.24. The number of carbonyl (C=O) groups is 1. The lowest BCUT2D eigenvalue weighted by atomic mass is 9.80. The highest BCUT2D eigenvalue weighted by atomic mass is 16.6. The SMILES string of the molecule is CC1(C(=O)OC2CC3C4O[C@@H]4C(C2)[N+]3(C)C)c2ccccc2-c2ccccc21. The Morgan fingerprint density at radius 2 is 1.46 bits per heavy atom. The van der Waals surface area contributed by atoms with E-state index in [1.54, 1.807) is 0 Å². The maximum Gasteiger partial charge on any atom is 0.321 e. The lowest BCUT2D eigenvalue weighted by Gasteiger charge is -2.45. The van der Waals surface area contributed by atoms with Gasteiger partial charge in [0, 0.05) is 12.8 Å². The van der Waals surface area contributed by atoms with E-state index < -0.39 is 5.41 Å². The third-order valence-electron chi connectivity index (χ3n) is 7.94. The van der Waals surface area contributed by atoms with Crippen LogP contribution in [0.3, 0.4) is 0 Å². The molecule has 2 aromatic rings. The molecule has 6 rings (SSSR count). The average Bonchev–Trinajstić information content (AvgIpc) is 3.40. The summed E-state index contributed by atoms with van der Waals surface area (Å²) in [6, 6.07) is 17.4. The standard InChI is InChI=1S/C24H26NO3/c1-24(17-10-6-4-8-15(17)16-9-5-7-11-18(16)24)23(26)27-14-12-19-21-22(28-21)20(13-14)25(19,2)3/h4-11,14,19-22H,12-13H2,1-3H3/q+1/t14?,19?,20?,21-,22?/m1/s1. The van der Waals surface area contributed by atoms with Crippen LogP contribution in [0.4, 0.5) is 0 Å². The van der Waals surface area contributed by atoms with E-state index in [-0.39, 0.29) is 12.1 Å². The Bertz CT molecular complexity index is 931. The molecule has 0 saturated carbocycles. The summed E-state index contributed by atoms with van der Waals surface area (Å²) in [7, 11) is 4.60. The number of hydrogen-bond acceptors (Lipinski definition) is 3. The summed E-state index contributed by atoms with van der Waals surface area (Å²) in [5, 5.41) is 0. The van der Waals surface area contributed by atoms with Gasteiger partial charge in [-0.1, -0.05) is 48.5 Å². The zero-order valence-corrected chi connectivity index (χ0v) is 16.6. The number of esters is 1. The first kappa shape index (κ1) is 16.8. The first-order valence-corrected chi connectivity index (χ1v) is 10.3. The van der Waals surface area contributed by atoms with Crippen molar-refractivity contribution in [1.82, 2.24) is 0 Å². The Morgan fingerprint density at radius 1 is 0.964 bits per heavy atom. The van der Waals surface area contributed by atoms with Crippen LogP contribution >= 0.6 is 0 Å². The summed E-state index contributed by atoms with van der Waals surface area (Å²) >= 11 is 0. The van der Waals surface area contributed by atoms with Crippen molar-refractivity contribution in [3.05, 3.63) is 59.7 Å². The van der Waals surface area contributed by atoms with Crippen LogP contribution in [0.25, 0.3) is 11.1 Å². The third kappa shape index (κ3) is 1.95. The second kappa shape index (κ2) is 5.25. The molecule has 4 nitrogen and oxygen atoms in total. The van der Waals surface area contributed by atoms with Crippen LogP contribution in [-0.4, -0.2) is 54.9 Å². The van der Waals surface area contributed by atoms with Gasteiger partial charge < -0.3 is 14.0 Å². The summed E-state index contributed by atoms with van der Waals surface area (Å²) in [5.41, 5.74) is 3.67. The quantitative estimate of drug-likeness (QED) is 0.459. The van der Waals surface area contributed by atoms with Gasteiger partial charge in [-0.25, -0.2) is 0 Å². The topological polar surface area (TPSA) is 38.8 Å². The molecule has 3 aliphatic heterocycles. The normalized spacial score (nSPS) is 34.9. The minimum Gasteiger partial charge on any atom is -0.461 e. The van der Waals surface area contributed by atoms with Crippen LogP contribution < -0.4 is 0 Å². The largest absolute Gasteiger partial charge is 0.461 e. The molecule has 1 aliphatic carbocycles. The Balaban J connectivity index is 1.33. The smallest absolute Gasteiger partial charge is 0.321 e. The number of morpholine rings is 1. The van der Waals surface area contributed by atoms with E-state index in [1.165, 1.54) is 0 Å². The fraction of sp³-hybridized carbons (Fsp3) is 0.458. The molecule has 3 fully saturated rings. The van der Waals surface area contributed by atoms with Crippen molar-refractivity contribution in [2.45, 2.75) is 55.6 Å². The number of quaternary nitrogens is 1. The van der Waals surface area contributed by atoms with E-state index in [0.29, 0.717) is 24.3 Å². The summed E-state index contributed by atoms with van der Waals surface area (Å²) < 4.78 is 13.1. The van der Waals surface area contributed by atoms with Gasteiger partial charge >= 0.3 is 5.97 Å². The van der Waals surface area contributed by atoms with Crippen molar-refractivity contribution >= 4 is 5.97 Å². The van der Waals surface area contributed by atoms with E-state index in [0.717, 1.165) is 39.6 Å². The van der Waals surface area contributed by atoms with Crippen LogP contribution in [-0.2, 0) is 19.7 Å². The maximum absolute atomic E-state index is 13.6. The summed E-state index contributed by atoms with van der Waals surface area (Å²) in [5.74, 6) is -0.115. The highest BCUT2D eigenvalue weighted by Gasteiger charge is 2.71. The molecule has 144 valence electrons. The first-order chi connectivity index (χ1) is 13.4. The molecule has 4 aliphatic rings. The van der Waals surface area contributed by atoms with Gasteiger partial charge in [0.25, 0.3) is 0 Å². The first-order valence-electron chi connectivity index (χ1n) is 10.3. The summed E-state index contributed by atoms with van der Waals surface area (Å²) in [4.78, 5) is 13.6. The fourth-order valence-corrected chi connectivity index (χ4v) is 6.24. The molecule has 2 bridgehead atoms. The minimum absolute atomic E-state index is 0.0122. The predicted molar refractivity (Wildman–Crippen MR) is 106 cm³/mol. The van der Waals surface area contributed by atoms with E-state index >= 15 is 0 Å². The van der Waals surface area contributed by atoms with E-state index in [1.807, 2.05) is 31.2 Å². The van der Waals surface area contributed by atoms with Crippen molar-refractivity contribution in [3.8, 4) is 11.1 Å². The molecule has 5 atom stereocenters. The Kier molecular flexibility index (Phi) is 3.14. The lowest BCUT2D eigenvalue weighted by Crippen LogP contribution is -2.60. The highest BCUT2D eigenvalue weighted by Crippen LogP contribution is 2.53. The summed E-state index contributed by atoms with van der Waals surface area (Å²) in [6.07, 6.45) is 2.52. The summed E-state index contributed by atoms with van der Waals surface area (Å²) in [6.45, 7) is 2.03. The zero-order chi connectivity index (χ0) is 19.3. The number of carbonyl (C=O) groups excluding carboxylic acids is 1. The molecule has 0 radical (unpaired) electrons. The van der Waals surface area contributed by atoms with Crippen molar-refractivity contribution in [1.29, 1.82) is 0 Å². The maximum atomic E-state index is 13.6. The van der Waals surface area contributed by atoms with Gasteiger partial charge in [-0.05, 0) is 29.2 Å². The second-order valence-corrected chi connectivity index (χ2v) is 9.54. The van der Waals surface area contributed by atoms with Crippen molar-refractivity contribution in [3.63, 3.8) is 0 Å². The van der Waals surface area contributed by atoms with Gasteiger partial charge in [0.05, 0.1) is 14.1 Å². The molecule has 3 heterocycles. The Morgan fingerprint density at radius 3 is 2.00 bits per heavy atom. The number of hydrogen-bond donors (Lipinski definition) is 0. The molecular weight excluding hydrogens is 350 g/mol. The number of rotatable bonds is 2. The number of likely N-dealkylation sites (N-methyl/N-ethyl adjacent to an activating group) is 1. The molecule has 3 saturated heterocycles. The van der Waals surface area contributed by atoms with Crippen molar-refractivity contribution < 1.29 is 18.8 Å². The minimum atomic E-state index is -0.743. The average molecular weight is 376 g/mol. The molecule has 0 N–H and O–H groups in total. The van der Waals surface area contributed by atoms with Crippen molar-refractivity contribution in [2.24, 2.45) is 0 Å². The molecule has 0 spiro atoms. The van der Waals surface area contributed by atoms with Crippen molar-refractivity contribution in [2.75, 3.05) is 14.1 Å². The van der Waals surface area contributed by atoms with Crippen LogP contribution in [0.15, 0.2) is 48.5 Å². The number of benzene rings is 2. The predicted octanol–water partition coefficient (Wildman–Crippen LogP) is 3.27. The lowest BCUT2D eigenvalue weighted by molar-refractivity contribution is -0.938. The molecular formula is C24H26NO3+. The van der Waals surface area contributed by atoms with Crippen LogP contribution in [0.2, 0.25) is 0 Å². The van der Waals surface area contributed by atoms with Gasteiger partial charge in [-0.15, -0.1) is 0 Å². The third-order valence-corrected chi connectivity index (χ3v) is 7.94. The highest BCUT2D eigenvalue weighted by molar-refractivity contribution is 5.97. The number of fused-ring (bicyclic) bond motifs is 8. The van der Waals surface area contributed by atoms with Crippen LogP contribution in [0.1, 0.15) is 30.9 Å². The van der Waals surface area contributed by atoms with Crippen LogP contribution in [0.5, 0.6) is 0 Å². The molecule has 0 amide bonds. The number of piperidine rings is 1. The molecule has 2 aromatic carbocycles. The molecule has 4 unspecified atom stereocenters. The molecule has 0 aromatic heterocycles. The second-order valence-electron chi connectivity index (χ2n) is 9.54. The Labute approximate surface area is 165 Å². The zero-order valence-electron chi connectivity index (χ0n) is 16.6. The van der Waals surface area contributed by atoms with Gasteiger partial charge in [-0.2, -0.15) is 0 Å². The number of epoxide rings is 1. The van der Waals surface area contributed by atoms with Gasteiger partial charge in [-0.3, -0.25) is 4.79 Å². The number of ether oxygens (including phenoxy) is 2. The van der Waals surface area contributed by atoms with Crippen LogP contribution in [0, 0.1) is 0 Å².